The standard InChI is InChI=1S/C17H18BrN3O/c1-12-4-5-15(14(18)10-12)20-17(22)16-11-13(6-7-19-16)21-8-2-3-9-21/h4-7,10-11H,2-3,8-9H2,1H3,(H,20,22). The summed E-state index contributed by atoms with van der Waals surface area (Å²) >= 11 is 3.47. The first-order chi connectivity index (χ1) is 10.6. The monoisotopic (exact) mass is 359 g/mol. The van der Waals surface area contributed by atoms with Crippen LogP contribution in [-0.2, 0) is 0 Å². The number of carbonyl (C=O) groups is 1. The minimum atomic E-state index is -0.189. The van der Waals surface area contributed by atoms with Crippen molar-refractivity contribution in [2.24, 2.45) is 0 Å². The third-order valence-corrected chi connectivity index (χ3v) is 4.48. The lowest BCUT2D eigenvalue weighted by atomic mass is 10.2. The molecule has 0 aliphatic carbocycles. The molecule has 0 bridgehead atoms. The summed E-state index contributed by atoms with van der Waals surface area (Å²) in [6.45, 7) is 4.11. The van der Waals surface area contributed by atoms with Crippen LogP contribution >= 0.6 is 15.9 Å². The Balaban J connectivity index is 1.78. The largest absolute Gasteiger partial charge is 0.371 e. The molecule has 4 nitrogen and oxygen atoms in total. The summed E-state index contributed by atoms with van der Waals surface area (Å²) < 4.78 is 0.872. The number of anilines is 2. The van der Waals surface area contributed by atoms with Crippen molar-refractivity contribution in [1.82, 2.24) is 4.98 Å². The van der Waals surface area contributed by atoms with Gasteiger partial charge in [-0.25, -0.2) is 0 Å². The molecule has 1 aromatic heterocycles. The van der Waals surface area contributed by atoms with Crippen molar-refractivity contribution in [3.63, 3.8) is 0 Å². The van der Waals surface area contributed by atoms with Crippen LogP contribution in [0.1, 0.15) is 28.9 Å². The van der Waals surface area contributed by atoms with Gasteiger partial charge < -0.3 is 10.2 Å². The average molecular weight is 360 g/mol. The normalized spacial score (nSPS) is 14.2. The molecule has 0 spiro atoms. The second kappa shape index (κ2) is 6.48. The lowest BCUT2D eigenvalue weighted by Crippen LogP contribution is -2.19. The van der Waals surface area contributed by atoms with Gasteiger partial charge in [-0.1, -0.05) is 6.07 Å². The first-order valence-electron chi connectivity index (χ1n) is 7.42. The molecule has 0 atom stereocenters. The van der Waals surface area contributed by atoms with E-state index in [9.17, 15) is 4.79 Å². The Hall–Kier alpha value is -1.88. The average Bonchev–Trinajstić information content (AvgIpc) is 3.04. The fourth-order valence-electron chi connectivity index (χ4n) is 2.62. The van der Waals surface area contributed by atoms with Crippen molar-refractivity contribution in [3.05, 3.63) is 52.3 Å². The van der Waals surface area contributed by atoms with Gasteiger partial charge in [0.05, 0.1) is 5.69 Å². The zero-order valence-electron chi connectivity index (χ0n) is 12.5. The Kier molecular flexibility index (Phi) is 4.43. The van der Waals surface area contributed by atoms with Gasteiger partial charge in [0.2, 0.25) is 0 Å². The molecule has 5 heteroatoms. The number of benzene rings is 1. The van der Waals surface area contributed by atoms with Gasteiger partial charge >= 0.3 is 0 Å². The molecule has 1 aliphatic heterocycles. The zero-order valence-corrected chi connectivity index (χ0v) is 14.1. The van der Waals surface area contributed by atoms with Crippen LogP contribution in [0.3, 0.4) is 0 Å². The van der Waals surface area contributed by atoms with Crippen LogP contribution in [0, 0.1) is 6.92 Å². The molecule has 1 saturated heterocycles. The molecule has 1 aromatic carbocycles. The number of rotatable bonds is 3. The zero-order chi connectivity index (χ0) is 15.5. The number of aromatic nitrogens is 1. The maximum absolute atomic E-state index is 12.4. The van der Waals surface area contributed by atoms with E-state index in [4.69, 9.17) is 0 Å². The topological polar surface area (TPSA) is 45.2 Å². The highest BCUT2D eigenvalue weighted by atomic mass is 79.9. The number of nitrogens with one attached hydrogen (secondary N) is 1. The molecule has 1 N–H and O–H groups in total. The van der Waals surface area contributed by atoms with E-state index in [1.165, 1.54) is 12.8 Å². The van der Waals surface area contributed by atoms with Gasteiger partial charge in [0, 0.05) is 29.4 Å². The highest BCUT2D eigenvalue weighted by Gasteiger charge is 2.15. The molecule has 114 valence electrons. The van der Waals surface area contributed by atoms with Crippen LogP contribution in [0.5, 0.6) is 0 Å². The van der Waals surface area contributed by atoms with E-state index >= 15 is 0 Å². The highest BCUT2D eigenvalue weighted by Crippen LogP contribution is 2.24. The number of nitrogens with zero attached hydrogens (tertiary/aromatic N) is 2. The molecule has 1 fully saturated rings. The van der Waals surface area contributed by atoms with Gasteiger partial charge in [-0.3, -0.25) is 9.78 Å². The summed E-state index contributed by atoms with van der Waals surface area (Å²) in [6.07, 6.45) is 4.12. The number of hydrogen-bond acceptors (Lipinski definition) is 3. The lowest BCUT2D eigenvalue weighted by molar-refractivity contribution is 0.102. The molecular formula is C17H18BrN3O. The summed E-state index contributed by atoms with van der Waals surface area (Å²) in [5.74, 6) is -0.189. The summed E-state index contributed by atoms with van der Waals surface area (Å²) in [7, 11) is 0. The number of aryl methyl sites for hydroxylation is 1. The second-order valence-electron chi connectivity index (χ2n) is 5.53. The minimum absolute atomic E-state index is 0.189. The van der Waals surface area contributed by atoms with Crippen molar-refractivity contribution in [2.75, 3.05) is 23.3 Å². The van der Waals surface area contributed by atoms with Crippen LogP contribution in [0.15, 0.2) is 41.0 Å². The molecule has 1 aliphatic rings. The number of amides is 1. The summed E-state index contributed by atoms with van der Waals surface area (Å²) in [5, 5.41) is 2.90. The number of halogens is 1. The van der Waals surface area contributed by atoms with E-state index in [-0.39, 0.29) is 5.91 Å². The molecule has 0 saturated carbocycles. The number of pyridine rings is 1. The summed E-state index contributed by atoms with van der Waals surface area (Å²) in [6, 6.07) is 9.66. The lowest BCUT2D eigenvalue weighted by Gasteiger charge is -2.17. The van der Waals surface area contributed by atoms with Gasteiger partial charge in [-0.15, -0.1) is 0 Å². The maximum Gasteiger partial charge on any atom is 0.274 e. The molecule has 2 heterocycles. The molecule has 22 heavy (non-hydrogen) atoms. The van der Waals surface area contributed by atoms with E-state index < -0.39 is 0 Å². The first kappa shape index (κ1) is 15.0. The van der Waals surface area contributed by atoms with E-state index in [1.807, 2.05) is 37.3 Å². The third-order valence-electron chi connectivity index (χ3n) is 3.82. The Morgan fingerprint density at radius 3 is 2.73 bits per heavy atom. The SMILES string of the molecule is Cc1ccc(NC(=O)c2cc(N3CCCC3)ccn2)c(Br)c1. The van der Waals surface area contributed by atoms with Crippen molar-refractivity contribution in [1.29, 1.82) is 0 Å². The van der Waals surface area contributed by atoms with Crippen LogP contribution in [-0.4, -0.2) is 24.0 Å². The number of carbonyl (C=O) groups excluding carboxylic acids is 1. The van der Waals surface area contributed by atoms with Crippen LogP contribution < -0.4 is 10.2 Å². The fourth-order valence-corrected chi connectivity index (χ4v) is 3.22. The third kappa shape index (κ3) is 3.30. The Morgan fingerprint density at radius 1 is 1.23 bits per heavy atom. The minimum Gasteiger partial charge on any atom is -0.371 e. The molecule has 2 aromatic rings. The van der Waals surface area contributed by atoms with E-state index in [0.717, 1.165) is 34.5 Å². The molecule has 0 radical (unpaired) electrons. The van der Waals surface area contributed by atoms with Crippen molar-refractivity contribution >= 4 is 33.2 Å². The molecular weight excluding hydrogens is 342 g/mol. The van der Waals surface area contributed by atoms with Crippen LogP contribution in [0.25, 0.3) is 0 Å². The van der Waals surface area contributed by atoms with E-state index in [0.29, 0.717) is 5.69 Å². The van der Waals surface area contributed by atoms with Gasteiger partial charge in [-0.2, -0.15) is 0 Å². The van der Waals surface area contributed by atoms with Gasteiger partial charge in [0.15, 0.2) is 0 Å². The maximum atomic E-state index is 12.4. The smallest absolute Gasteiger partial charge is 0.274 e. The Morgan fingerprint density at radius 2 is 2.00 bits per heavy atom. The Labute approximate surface area is 138 Å². The van der Waals surface area contributed by atoms with Crippen molar-refractivity contribution in [2.45, 2.75) is 19.8 Å². The van der Waals surface area contributed by atoms with E-state index in [2.05, 4.69) is 31.1 Å². The Bertz CT molecular complexity index is 696. The quantitative estimate of drug-likeness (QED) is 0.900. The van der Waals surface area contributed by atoms with Crippen LogP contribution in [0.2, 0.25) is 0 Å². The van der Waals surface area contributed by atoms with Gasteiger partial charge in [-0.05, 0) is 65.5 Å². The second-order valence-corrected chi connectivity index (χ2v) is 6.39. The van der Waals surface area contributed by atoms with Crippen molar-refractivity contribution < 1.29 is 4.79 Å². The highest BCUT2D eigenvalue weighted by molar-refractivity contribution is 9.10. The van der Waals surface area contributed by atoms with Gasteiger partial charge in [0.1, 0.15) is 5.69 Å². The van der Waals surface area contributed by atoms with Crippen LogP contribution in [0.4, 0.5) is 11.4 Å². The predicted octanol–water partition coefficient (Wildman–Crippen LogP) is 4.01. The fraction of sp³-hybridized carbons (Fsp3) is 0.294. The van der Waals surface area contributed by atoms with E-state index in [1.54, 1.807) is 6.20 Å². The predicted molar refractivity (Wildman–Crippen MR) is 92.5 cm³/mol. The summed E-state index contributed by atoms with van der Waals surface area (Å²) in [4.78, 5) is 18.9. The molecule has 1 amide bonds. The first-order valence-corrected chi connectivity index (χ1v) is 8.21. The van der Waals surface area contributed by atoms with Gasteiger partial charge in [0.25, 0.3) is 5.91 Å². The summed E-state index contributed by atoms with van der Waals surface area (Å²) in [5.41, 5.74) is 3.40. The number of hydrogen-bond donors (Lipinski definition) is 1. The molecule has 3 rings (SSSR count). The molecule has 0 unspecified atom stereocenters. The van der Waals surface area contributed by atoms with Crippen molar-refractivity contribution in [3.8, 4) is 0 Å².